The first-order chi connectivity index (χ1) is 13.1. The molecule has 3 rings (SSSR count). The van der Waals surface area contributed by atoms with E-state index in [1.165, 1.54) is 6.20 Å². The number of hydrazone groups is 1. The zero-order valence-electron chi connectivity index (χ0n) is 14.7. The van der Waals surface area contributed by atoms with E-state index < -0.39 is 0 Å². The van der Waals surface area contributed by atoms with Gasteiger partial charge in [0.25, 0.3) is 5.91 Å². The van der Waals surface area contributed by atoms with Crippen molar-refractivity contribution < 1.29 is 9.53 Å². The largest absolute Gasteiger partial charge is 0.489 e. The fourth-order valence-electron chi connectivity index (χ4n) is 2.30. The molecule has 0 aliphatic heterocycles. The third-order valence-corrected chi connectivity index (χ3v) is 4.09. The third kappa shape index (κ3) is 5.39. The molecule has 0 unspecified atom stereocenters. The lowest BCUT2D eigenvalue weighted by atomic mass is 10.1. The Morgan fingerprint density at radius 3 is 2.48 bits per heavy atom. The number of aromatic nitrogens is 1. The summed E-state index contributed by atoms with van der Waals surface area (Å²) < 4.78 is 5.76. The summed E-state index contributed by atoms with van der Waals surface area (Å²) in [5.74, 6) is 0.450. The van der Waals surface area contributed by atoms with Crippen LogP contribution in [0.3, 0.4) is 0 Å². The Balaban J connectivity index is 1.57. The van der Waals surface area contributed by atoms with Crippen LogP contribution in [0.4, 0.5) is 0 Å². The second-order valence-corrected chi connectivity index (χ2v) is 6.26. The van der Waals surface area contributed by atoms with Gasteiger partial charge in [0.2, 0.25) is 0 Å². The molecule has 0 saturated heterocycles. The fourth-order valence-corrected chi connectivity index (χ4v) is 2.43. The zero-order chi connectivity index (χ0) is 19.1. The lowest BCUT2D eigenvalue weighted by Crippen LogP contribution is -2.19. The van der Waals surface area contributed by atoms with Gasteiger partial charge in [0, 0.05) is 17.4 Å². The molecule has 27 heavy (non-hydrogen) atoms. The van der Waals surface area contributed by atoms with Crippen molar-refractivity contribution in [2.24, 2.45) is 5.10 Å². The van der Waals surface area contributed by atoms with Crippen LogP contribution in [0.15, 0.2) is 78.2 Å². The van der Waals surface area contributed by atoms with Gasteiger partial charge >= 0.3 is 0 Å². The molecule has 0 radical (unpaired) electrons. The first-order valence-electron chi connectivity index (χ1n) is 8.34. The van der Waals surface area contributed by atoms with E-state index in [0.717, 1.165) is 16.9 Å². The minimum atomic E-state index is -0.301. The van der Waals surface area contributed by atoms with Gasteiger partial charge in [-0.15, -0.1) is 0 Å². The smallest absolute Gasteiger partial charge is 0.272 e. The number of ether oxygens (including phenoxy) is 1. The average molecular weight is 380 g/mol. The Morgan fingerprint density at radius 1 is 1.07 bits per heavy atom. The molecular formula is C21H18ClN3O2. The van der Waals surface area contributed by atoms with Gasteiger partial charge in [-0.2, -0.15) is 5.10 Å². The summed E-state index contributed by atoms with van der Waals surface area (Å²) in [6.45, 7) is 2.29. The fraction of sp³-hybridized carbons (Fsp3) is 0.0952. The minimum absolute atomic E-state index is 0.301. The van der Waals surface area contributed by atoms with Crippen LogP contribution >= 0.6 is 11.6 Å². The predicted octanol–water partition coefficient (Wildman–Crippen LogP) is 4.47. The van der Waals surface area contributed by atoms with Crippen molar-refractivity contribution >= 4 is 23.2 Å². The van der Waals surface area contributed by atoms with Gasteiger partial charge in [-0.3, -0.25) is 9.78 Å². The molecule has 0 saturated carbocycles. The van der Waals surface area contributed by atoms with Crippen LogP contribution in [-0.2, 0) is 6.61 Å². The van der Waals surface area contributed by atoms with E-state index in [1.807, 2.05) is 55.5 Å². The number of hydrogen-bond donors (Lipinski definition) is 1. The van der Waals surface area contributed by atoms with Crippen LogP contribution in [0.25, 0.3) is 0 Å². The van der Waals surface area contributed by atoms with Gasteiger partial charge in [-0.05, 0) is 66.6 Å². The number of benzene rings is 2. The Kier molecular flexibility index (Phi) is 6.18. The SMILES string of the molecule is CC(=NNC(=O)c1cccnc1)c1ccc(OCc2ccc(Cl)cc2)cc1. The summed E-state index contributed by atoms with van der Waals surface area (Å²) in [5, 5.41) is 4.84. The van der Waals surface area contributed by atoms with Crippen molar-refractivity contribution in [3.05, 3.63) is 94.8 Å². The lowest BCUT2D eigenvalue weighted by Gasteiger charge is -2.08. The number of pyridine rings is 1. The van der Waals surface area contributed by atoms with Gasteiger partial charge < -0.3 is 4.74 Å². The number of hydrogen-bond acceptors (Lipinski definition) is 4. The van der Waals surface area contributed by atoms with Gasteiger partial charge in [0.1, 0.15) is 12.4 Å². The van der Waals surface area contributed by atoms with Crippen LogP contribution in [0.1, 0.15) is 28.4 Å². The average Bonchev–Trinajstić information content (AvgIpc) is 2.72. The third-order valence-electron chi connectivity index (χ3n) is 3.84. The molecule has 3 aromatic rings. The van der Waals surface area contributed by atoms with Crippen molar-refractivity contribution in [1.29, 1.82) is 0 Å². The molecule has 6 heteroatoms. The molecule has 0 spiro atoms. The number of carbonyl (C=O) groups excluding carboxylic acids is 1. The van der Waals surface area contributed by atoms with Gasteiger partial charge in [0.15, 0.2) is 0 Å². The van der Waals surface area contributed by atoms with Crippen LogP contribution in [0.2, 0.25) is 5.02 Å². The topological polar surface area (TPSA) is 63.6 Å². The number of nitrogens with zero attached hydrogens (tertiary/aromatic N) is 2. The van der Waals surface area contributed by atoms with Crippen molar-refractivity contribution in [3.63, 3.8) is 0 Å². The summed E-state index contributed by atoms with van der Waals surface area (Å²) in [6, 6.07) is 18.4. The van der Waals surface area contributed by atoms with E-state index >= 15 is 0 Å². The highest BCUT2D eigenvalue weighted by Crippen LogP contribution is 2.16. The second-order valence-electron chi connectivity index (χ2n) is 5.82. The van der Waals surface area contributed by atoms with E-state index in [1.54, 1.807) is 18.3 Å². The van der Waals surface area contributed by atoms with E-state index in [9.17, 15) is 4.79 Å². The van der Waals surface area contributed by atoms with Crippen LogP contribution < -0.4 is 10.2 Å². The highest BCUT2D eigenvalue weighted by atomic mass is 35.5. The molecule has 0 atom stereocenters. The molecule has 1 heterocycles. The van der Waals surface area contributed by atoms with Gasteiger partial charge in [0.05, 0.1) is 11.3 Å². The number of halogens is 1. The maximum atomic E-state index is 12.0. The minimum Gasteiger partial charge on any atom is -0.489 e. The monoisotopic (exact) mass is 379 g/mol. The van der Waals surface area contributed by atoms with E-state index in [4.69, 9.17) is 16.3 Å². The molecule has 2 aromatic carbocycles. The van der Waals surface area contributed by atoms with Gasteiger partial charge in [-0.25, -0.2) is 5.43 Å². The summed E-state index contributed by atoms with van der Waals surface area (Å²) in [4.78, 5) is 15.9. The van der Waals surface area contributed by atoms with Crippen LogP contribution in [0, 0.1) is 0 Å². The van der Waals surface area contributed by atoms with Crippen molar-refractivity contribution in [2.45, 2.75) is 13.5 Å². The Morgan fingerprint density at radius 2 is 1.81 bits per heavy atom. The molecule has 5 nitrogen and oxygen atoms in total. The predicted molar refractivity (Wildman–Crippen MR) is 106 cm³/mol. The molecule has 1 amide bonds. The summed E-state index contributed by atoms with van der Waals surface area (Å²) in [6.07, 6.45) is 3.11. The molecule has 1 N–H and O–H groups in total. The van der Waals surface area contributed by atoms with Gasteiger partial charge in [-0.1, -0.05) is 23.7 Å². The normalized spacial score (nSPS) is 11.1. The Labute approximate surface area is 162 Å². The van der Waals surface area contributed by atoms with E-state index in [2.05, 4.69) is 15.5 Å². The highest BCUT2D eigenvalue weighted by Gasteiger charge is 2.05. The molecule has 1 aromatic heterocycles. The Bertz CT molecular complexity index is 924. The number of rotatable bonds is 6. The maximum Gasteiger partial charge on any atom is 0.272 e. The maximum absolute atomic E-state index is 12.0. The highest BCUT2D eigenvalue weighted by molar-refractivity contribution is 6.30. The first-order valence-corrected chi connectivity index (χ1v) is 8.72. The standard InChI is InChI=1S/C21H18ClN3O2/c1-15(24-25-21(26)18-3-2-12-23-13-18)17-6-10-20(11-7-17)27-14-16-4-8-19(22)9-5-16/h2-13H,14H2,1H3,(H,25,26). The van der Waals surface area contributed by atoms with E-state index in [0.29, 0.717) is 22.9 Å². The molecule has 0 aliphatic carbocycles. The number of carbonyl (C=O) groups is 1. The molecular weight excluding hydrogens is 362 g/mol. The second kappa shape index (κ2) is 8.96. The van der Waals surface area contributed by atoms with Crippen molar-refractivity contribution in [3.8, 4) is 5.75 Å². The first kappa shape index (κ1) is 18.6. The summed E-state index contributed by atoms with van der Waals surface area (Å²) in [7, 11) is 0. The Hall–Kier alpha value is -3.18. The molecule has 0 fully saturated rings. The molecule has 136 valence electrons. The quantitative estimate of drug-likeness (QED) is 0.507. The molecule has 0 aliphatic rings. The zero-order valence-corrected chi connectivity index (χ0v) is 15.5. The molecule has 0 bridgehead atoms. The van der Waals surface area contributed by atoms with Crippen molar-refractivity contribution in [1.82, 2.24) is 10.4 Å². The van der Waals surface area contributed by atoms with Crippen LogP contribution in [-0.4, -0.2) is 16.6 Å². The van der Waals surface area contributed by atoms with E-state index in [-0.39, 0.29) is 5.91 Å². The number of nitrogens with one attached hydrogen (secondary N) is 1. The summed E-state index contributed by atoms with van der Waals surface area (Å²) in [5.41, 5.74) is 5.61. The van der Waals surface area contributed by atoms with Crippen LogP contribution in [0.5, 0.6) is 5.75 Å². The lowest BCUT2D eigenvalue weighted by molar-refractivity contribution is 0.0954. The van der Waals surface area contributed by atoms with Crippen molar-refractivity contribution in [2.75, 3.05) is 0 Å². The summed E-state index contributed by atoms with van der Waals surface area (Å²) >= 11 is 5.87. The number of amides is 1.